The van der Waals surface area contributed by atoms with Gasteiger partial charge in [-0.05, 0) is 57.6 Å². The van der Waals surface area contributed by atoms with Crippen molar-refractivity contribution in [2.75, 3.05) is 0 Å². The second-order valence-electron chi connectivity index (χ2n) is 6.08. The highest BCUT2D eigenvalue weighted by Gasteiger charge is 2.23. The third kappa shape index (κ3) is 3.14. The van der Waals surface area contributed by atoms with Crippen LogP contribution in [0.4, 0.5) is 0 Å². The van der Waals surface area contributed by atoms with Crippen molar-refractivity contribution in [2.45, 2.75) is 65.5 Å². The quantitative estimate of drug-likeness (QED) is 0.821. The lowest BCUT2D eigenvalue weighted by molar-refractivity contribution is 0.352. The molecule has 1 aliphatic carbocycles. The summed E-state index contributed by atoms with van der Waals surface area (Å²) >= 11 is 0. The Morgan fingerprint density at radius 1 is 1.11 bits per heavy atom. The van der Waals surface area contributed by atoms with Gasteiger partial charge in [0.2, 0.25) is 0 Å². The first-order chi connectivity index (χ1) is 8.58. The van der Waals surface area contributed by atoms with E-state index in [0.717, 1.165) is 5.92 Å². The third-order valence-corrected chi connectivity index (χ3v) is 4.52. The second-order valence-corrected chi connectivity index (χ2v) is 6.08. The van der Waals surface area contributed by atoms with E-state index in [1.807, 2.05) is 0 Å². The fraction of sp³-hybridized carbons (Fsp3) is 0.647. The van der Waals surface area contributed by atoms with E-state index in [4.69, 9.17) is 0 Å². The lowest BCUT2D eigenvalue weighted by Gasteiger charge is -2.26. The van der Waals surface area contributed by atoms with Crippen LogP contribution in [0.5, 0.6) is 0 Å². The summed E-state index contributed by atoms with van der Waals surface area (Å²) in [7, 11) is 0. The standard InChI is InChI=1S/C17H27N/c1-12-9-10-13(2)17(11-12)15(4)18-14(3)16-7-5-6-8-16/h9-11,14-16,18H,5-8H2,1-4H3. The molecule has 1 saturated carbocycles. The highest BCUT2D eigenvalue weighted by molar-refractivity contribution is 5.32. The first-order valence-electron chi connectivity index (χ1n) is 7.41. The van der Waals surface area contributed by atoms with Gasteiger partial charge in [-0.25, -0.2) is 0 Å². The van der Waals surface area contributed by atoms with E-state index in [1.54, 1.807) is 0 Å². The summed E-state index contributed by atoms with van der Waals surface area (Å²) < 4.78 is 0. The van der Waals surface area contributed by atoms with Crippen LogP contribution in [0.25, 0.3) is 0 Å². The van der Waals surface area contributed by atoms with Crippen LogP contribution in [0.2, 0.25) is 0 Å². The summed E-state index contributed by atoms with van der Waals surface area (Å²) in [6.07, 6.45) is 5.67. The van der Waals surface area contributed by atoms with Crippen LogP contribution in [0.15, 0.2) is 18.2 Å². The van der Waals surface area contributed by atoms with Gasteiger partial charge >= 0.3 is 0 Å². The number of rotatable bonds is 4. The van der Waals surface area contributed by atoms with E-state index in [0.29, 0.717) is 12.1 Å². The van der Waals surface area contributed by atoms with Gasteiger partial charge < -0.3 is 5.32 Å². The van der Waals surface area contributed by atoms with Crippen LogP contribution >= 0.6 is 0 Å². The summed E-state index contributed by atoms with van der Waals surface area (Å²) in [6, 6.07) is 7.87. The Labute approximate surface area is 112 Å². The number of hydrogen-bond donors (Lipinski definition) is 1. The second kappa shape index (κ2) is 5.88. The van der Waals surface area contributed by atoms with Crippen LogP contribution < -0.4 is 5.32 Å². The molecule has 2 unspecified atom stereocenters. The minimum absolute atomic E-state index is 0.459. The molecule has 1 fully saturated rings. The molecule has 0 saturated heterocycles. The Bertz CT molecular complexity index is 391. The zero-order valence-electron chi connectivity index (χ0n) is 12.3. The third-order valence-electron chi connectivity index (χ3n) is 4.52. The number of benzene rings is 1. The zero-order chi connectivity index (χ0) is 13.1. The van der Waals surface area contributed by atoms with Gasteiger partial charge in [0.1, 0.15) is 0 Å². The van der Waals surface area contributed by atoms with Crippen molar-refractivity contribution >= 4 is 0 Å². The molecule has 0 heterocycles. The van der Waals surface area contributed by atoms with Gasteiger partial charge in [-0.3, -0.25) is 0 Å². The van der Waals surface area contributed by atoms with Gasteiger partial charge in [-0.1, -0.05) is 36.6 Å². The summed E-state index contributed by atoms with van der Waals surface area (Å²) in [5.74, 6) is 0.887. The van der Waals surface area contributed by atoms with Crippen molar-refractivity contribution in [3.63, 3.8) is 0 Å². The predicted octanol–water partition coefficient (Wildman–Crippen LogP) is 4.53. The number of aryl methyl sites for hydroxylation is 2. The molecule has 0 aromatic heterocycles. The van der Waals surface area contributed by atoms with Crippen LogP contribution in [-0.4, -0.2) is 6.04 Å². The fourth-order valence-corrected chi connectivity index (χ4v) is 3.30. The van der Waals surface area contributed by atoms with Crippen molar-refractivity contribution in [3.8, 4) is 0 Å². The molecule has 2 rings (SSSR count). The van der Waals surface area contributed by atoms with Gasteiger partial charge in [0, 0.05) is 12.1 Å². The van der Waals surface area contributed by atoms with Gasteiger partial charge in [0.15, 0.2) is 0 Å². The highest BCUT2D eigenvalue weighted by atomic mass is 14.9. The van der Waals surface area contributed by atoms with Gasteiger partial charge in [0.25, 0.3) is 0 Å². The molecule has 1 aromatic carbocycles. The molecule has 0 amide bonds. The smallest absolute Gasteiger partial charge is 0.0297 e. The molecular formula is C17H27N. The van der Waals surface area contributed by atoms with Crippen LogP contribution in [0.3, 0.4) is 0 Å². The van der Waals surface area contributed by atoms with E-state index in [2.05, 4.69) is 51.2 Å². The van der Waals surface area contributed by atoms with Crippen molar-refractivity contribution < 1.29 is 0 Å². The molecule has 0 aliphatic heterocycles. The maximum absolute atomic E-state index is 3.81. The van der Waals surface area contributed by atoms with Crippen molar-refractivity contribution in [1.82, 2.24) is 5.32 Å². The molecule has 1 heteroatoms. The SMILES string of the molecule is Cc1ccc(C)c(C(C)NC(C)C2CCCC2)c1. The molecule has 0 radical (unpaired) electrons. The molecule has 100 valence electrons. The zero-order valence-corrected chi connectivity index (χ0v) is 12.3. The monoisotopic (exact) mass is 245 g/mol. The van der Waals surface area contributed by atoms with E-state index in [1.165, 1.54) is 42.4 Å². The van der Waals surface area contributed by atoms with Crippen LogP contribution in [0.1, 0.15) is 62.3 Å². The van der Waals surface area contributed by atoms with Gasteiger partial charge in [-0.2, -0.15) is 0 Å². The molecule has 0 spiro atoms. The Hall–Kier alpha value is -0.820. The van der Waals surface area contributed by atoms with Crippen molar-refractivity contribution in [1.29, 1.82) is 0 Å². The molecule has 1 aromatic rings. The van der Waals surface area contributed by atoms with E-state index >= 15 is 0 Å². The summed E-state index contributed by atoms with van der Waals surface area (Å²) in [5.41, 5.74) is 4.22. The number of nitrogens with one attached hydrogen (secondary N) is 1. The van der Waals surface area contributed by atoms with E-state index < -0.39 is 0 Å². The average molecular weight is 245 g/mol. The van der Waals surface area contributed by atoms with Crippen LogP contribution in [0, 0.1) is 19.8 Å². The first kappa shape index (κ1) is 13.6. The molecule has 2 atom stereocenters. The Balaban J connectivity index is 2.02. The van der Waals surface area contributed by atoms with Crippen molar-refractivity contribution in [2.24, 2.45) is 5.92 Å². The Morgan fingerprint density at radius 3 is 2.44 bits per heavy atom. The summed E-state index contributed by atoms with van der Waals surface area (Å²) in [6.45, 7) is 9.05. The first-order valence-corrected chi connectivity index (χ1v) is 7.41. The predicted molar refractivity (Wildman–Crippen MR) is 78.9 cm³/mol. The van der Waals surface area contributed by atoms with Gasteiger partial charge in [-0.15, -0.1) is 0 Å². The Kier molecular flexibility index (Phi) is 4.45. The molecule has 1 N–H and O–H groups in total. The molecular weight excluding hydrogens is 218 g/mol. The van der Waals surface area contributed by atoms with Gasteiger partial charge in [0.05, 0.1) is 0 Å². The van der Waals surface area contributed by atoms with Crippen LogP contribution in [-0.2, 0) is 0 Å². The maximum Gasteiger partial charge on any atom is 0.0297 e. The summed E-state index contributed by atoms with van der Waals surface area (Å²) in [4.78, 5) is 0. The highest BCUT2D eigenvalue weighted by Crippen LogP contribution is 2.29. The Morgan fingerprint density at radius 2 is 1.78 bits per heavy atom. The molecule has 1 aliphatic rings. The normalized spacial score (nSPS) is 20.0. The summed E-state index contributed by atoms with van der Waals surface area (Å²) in [5, 5.41) is 3.81. The topological polar surface area (TPSA) is 12.0 Å². The van der Waals surface area contributed by atoms with E-state index in [9.17, 15) is 0 Å². The molecule has 18 heavy (non-hydrogen) atoms. The lowest BCUT2D eigenvalue weighted by Crippen LogP contribution is -2.34. The maximum atomic E-state index is 3.81. The number of hydrogen-bond acceptors (Lipinski definition) is 1. The molecule has 0 bridgehead atoms. The minimum Gasteiger partial charge on any atom is -0.307 e. The lowest BCUT2D eigenvalue weighted by atomic mass is 9.95. The minimum atomic E-state index is 0.459. The average Bonchev–Trinajstić information content (AvgIpc) is 2.85. The fourth-order valence-electron chi connectivity index (χ4n) is 3.30. The van der Waals surface area contributed by atoms with E-state index in [-0.39, 0.29) is 0 Å². The molecule has 1 nitrogen and oxygen atoms in total. The van der Waals surface area contributed by atoms with Crippen molar-refractivity contribution in [3.05, 3.63) is 34.9 Å². The largest absolute Gasteiger partial charge is 0.307 e.